The fourth-order valence-electron chi connectivity index (χ4n) is 2.05. The lowest BCUT2D eigenvalue weighted by Gasteiger charge is -2.24. The highest BCUT2D eigenvalue weighted by Gasteiger charge is 2.21. The molecule has 1 unspecified atom stereocenters. The summed E-state index contributed by atoms with van der Waals surface area (Å²) in [5, 5.41) is 0. The molecule has 0 fully saturated rings. The van der Waals surface area contributed by atoms with Crippen LogP contribution >= 0.6 is 0 Å². The SMILES string of the molecule is CCN(CC)C(=O)C(C)Oc1ccc(C)cc1C(C)=O. The second-order valence-electron chi connectivity index (χ2n) is 4.83. The lowest BCUT2D eigenvalue weighted by molar-refractivity contribution is -0.137. The van der Waals surface area contributed by atoms with Crippen LogP contribution in [-0.4, -0.2) is 35.8 Å². The summed E-state index contributed by atoms with van der Waals surface area (Å²) in [5.74, 6) is 0.340. The van der Waals surface area contributed by atoms with E-state index in [4.69, 9.17) is 4.74 Å². The van der Waals surface area contributed by atoms with Gasteiger partial charge in [-0.1, -0.05) is 11.6 Å². The predicted octanol–water partition coefficient (Wildman–Crippen LogP) is 2.83. The molecule has 0 N–H and O–H groups in total. The molecule has 0 radical (unpaired) electrons. The Balaban J connectivity index is 2.93. The Kier molecular flexibility index (Phi) is 5.74. The van der Waals surface area contributed by atoms with Crippen LogP contribution in [0, 0.1) is 6.92 Å². The average Bonchev–Trinajstić information content (AvgIpc) is 2.41. The first-order valence-electron chi connectivity index (χ1n) is 6.97. The molecular formula is C16H23NO3. The molecular weight excluding hydrogens is 254 g/mol. The van der Waals surface area contributed by atoms with Crippen LogP contribution in [0.3, 0.4) is 0 Å². The zero-order valence-electron chi connectivity index (χ0n) is 12.9. The van der Waals surface area contributed by atoms with Crippen molar-refractivity contribution in [1.29, 1.82) is 0 Å². The van der Waals surface area contributed by atoms with Gasteiger partial charge < -0.3 is 9.64 Å². The topological polar surface area (TPSA) is 46.6 Å². The van der Waals surface area contributed by atoms with E-state index in [9.17, 15) is 9.59 Å². The lowest BCUT2D eigenvalue weighted by Crippen LogP contribution is -2.40. The quantitative estimate of drug-likeness (QED) is 0.751. The summed E-state index contributed by atoms with van der Waals surface area (Å²) in [6, 6.07) is 5.40. The number of hydrogen-bond donors (Lipinski definition) is 0. The number of Topliss-reactive ketones (excluding diaryl/α,β-unsaturated/α-hetero) is 1. The lowest BCUT2D eigenvalue weighted by atomic mass is 10.1. The van der Waals surface area contributed by atoms with Gasteiger partial charge in [-0.25, -0.2) is 0 Å². The van der Waals surface area contributed by atoms with Gasteiger partial charge in [-0.3, -0.25) is 9.59 Å². The van der Waals surface area contributed by atoms with E-state index >= 15 is 0 Å². The van der Waals surface area contributed by atoms with Crippen molar-refractivity contribution in [2.24, 2.45) is 0 Å². The molecule has 0 bridgehead atoms. The third-order valence-corrected chi connectivity index (χ3v) is 3.24. The molecule has 0 heterocycles. The number of hydrogen-bond acceptors (Lipinski definition) is 3. The molecule has 0 saturated heterocycles. The highest BCUT2D eigenvalue weighted by molar-refractivity contribution is 5.97. The Labute approximate surface area is 120 Å². The van der Waals surface area contributed by atoms with Crippen molar-refractivity contribution in [2.45, 2.75) is 40.7 Å². The molecule has 0 aliphatic heterocycles. The summed E-state index contributed by atoms with van der Waals surface area (Å²) in [6.07, 6.45) is -0.601. The van der Waals surface area contributed by atoms with Crippen molar-refractivity contribution >= 4 is 11.7 Å². The monoisotopic (exact) mass is 277 g/mol. The van der Waals surface area contributed by atoms with Gasteiger partial charge in [0.05, 0.1) is 5.56 Å². The fourth-order valence-corrected chi connectivity index (χ4v) is 2.05. The number of aryl methyl sites for hydroxylation is 1. The second kappa shape index (κ2) is 7.08. The predicted molar refractivity (Wildman–Crippen MR) is 79.2 cm³/mol. The molecule has 1 rings (SSSR count). The van der Waals surface area contributed by atoms with E-state index in [0.717, 1.165) is 5.56 Å². The molecule has 0 spiro atoms. The first-order valence-corrected chi connectivity index (χ1v) is 6.97. The molecule has 0 aliphatic carbocycles. The fraction of sp³-hybridized carbons (Fsp3) is 0.500. The van der Waals surface area contributed by atoms with E-state index in [2.05, 4.69) is 0 Å². The molecule has 1 aromatic carbocycles. The van der Waals surface area contributed by atoms with Gasteiger partial charge in [0.15, 0.2) is 11.9 Å². The number of likely N-dealkylation sites (N-methyl/N-ethyl adjacent to an activating group) is 1. The van der Waals surface area contributed by atoms with Gasteiger partial charge in [0.25, 0.3) is 5.91 Å². The van der Waals surface area contributed by atoms with Gasteiger partial charge >= 0.3 is 0 Å². The van der Waals surface area contributed by atoms with Gasteiger partial charge in [-0.2, -0.15) is 0 Å². The van der Waals surface area contributed by atoms with E-state index in [1.54, 1.807) is 24.0 Å². The molecule has 0 aliphatic rings. The smallest absolute Gasteiger partial charge is 0.263 e. The first-order chi connectivity index (χ1) is 9.40. The van der Waals surface area contributed by atoms with Crippen molar-refractivity contribution in [3.63, 3.8) is 0 Å². The second-order valence-corrected chi connectivity index (χ2v) is 4.83. The minimum Gasteiger partial charge on any atom is -0.480 e. The zero-order valence-corrected chi connectivity index (χ0v) is 12.9. The summed E-state index contributed by atoms with van der Waals surface area (Å²) in [6.45, 7) is 10.3. The number of carbonyl (C=O) groups is 2. The van der Waals surface area contributed by atoms with Crippen molar-refractivity contribution < 1.29 is 14.3 Å². The Bertz CT molecular complexity index is 492. The summed E-state index contributed by atoms with van der Waals surface area (Å²) < 4.78 is 5.70. The van der Waals surface area contributed by atoms with Crippen LogP contribution < -0.4 is 4.74 Å². The van der Waals surface area contributed by atoms with E-state index in [-0.39, 0.29) is 11.7 Å². The summed E-state index contributed by atoms with van der Waals surface area (Å²) in [7, 11) is 0. The number of nitrogens with zero attached hydrogens (tertiary/aromatic N) is 1. The molecule has 1 aromatic rings. The standard InChI is InChI=1S/C16H23NO3/c1-6-17(7-2)16(19)13(5)20-15-9-8-11(3)10-14(15)12(4)18/h8-10,13H,6-7H2,1-5H3. The van der Waals surface area contributed by atoms with Crippen LogP contribution in [0.5, 0.6) is 5.75 Å². The van der Waals surface area contributed by atoms with Gasteiger partial charge in [-0.05, 0) is 46.8 Å². The number of benzene rings is 1. The van der Waals surface area contributed by atoms with Crippen molar-refractivity contribution in [3.8, 4) is 5.75 Å². The summed E-state index contributed by atoms with van der Waals surface area (Å²) in [5.41, 5.74) is 1.51. The van der Waals surface area contributed by atoms with Crippen LogP contribution in [-0.2, 0) is 4.79 Å². The normalized spacial score (nSPS) is 11.8. The number of ether oxygens (including phenoxy) is 1. The third-order valence-electron chi connectivity index (χ3n) is 3.24. The summed E-state index contributed by atoms with van der Waals surface area (Å²) in [4.78, 5) is 25.5. The van der Waals surface area contributed by atoms with E-state index in [1.807, 2.05) is 26.8 Å². The van der Waals surface area contributed by atoms with Gasteiger partial charge in [-0.15, -0.1) is 0 Å². The van der Waals surface area contributed by atoms with Crippen LogP contribution in [0.25, 0.3) is 0 Å². The maximum atomic E-state index is 12.2. The Hall–Kier alpha value is -1.84. The van der Waals surface area contributed by atoms with Crippen LogP contribution in [0.4, 0.5) is 0 Å². The Morgan fingerprint density at radius 3 is 2.35 bits per heavy atom. The Morgan fingerprint density at radius 1 is 1.25 bits per heavy atom. The van der Waals surface area contributed by atoms with Gasteiger partial charge in [0.2, 0.25) is 0 Å². The first kappa shape index (κ1) is 16.2. The van der Waals surface area contributed by atoms with Crippen molar-refractivity contribution in [3.05, 3.63) is 29.3 Å². The molecule has 0 aromatic heterocycles. The van der Waals surface area contributed by atoms with E-state index in [0.29, 0.717) is 24.4 Å². The molecule has 1 atom stereocenters. The molecule has 4 heteroatoms. The van der Waals surface area contributed by atoms with Gasteiger partial charge in [0.1, 0.15) is 5.75 Å². The summed E-state index contributed by atoms with van der Waals surface area (Å²) >= 11 is 0. The Morgan fingerprint density at radius 2 is 1.85 bits per heavy atom. The molecule has 1 amide bonds. The zero-order chi connectivity index (χ0) is 15.3. The van der Waals surface area contributed by atoms with Crippen molar-refractivity contribution in [2.75, 3.05) is 13.1 Å². The maximum Gasteiger partial charge on any atom is 0.263 e. The average molecular weight is 277 g/mol. The third kappa shape index (κ3) is 3.83. The number of amides is 1. The van der Waals surface area contributed by atoms with E-state index in [1.165, 1.54) is 6.92 Å². The highest BCUT2D eigenvalue weighted by atomic mass is 16.5. The van der Waals surface area contributed by atoms with Gasteiger partial charge in [0, 0.05) is 13.1 Å². The highest BCUT2D eigenvalue weighted by Crippen LogP contribution is 2.22. The minimum absolute atomic E-state index is 0.0637. The molecule has 0 saturated carbocycles. The molecule has 110 valence electrons. The van der Waals surface area contributed by atoms with Crippen molar-refractivity contribution in [1.82, 2.24) is 4.90 Å². The van der Waals surface area contributed by atoms with Crippen LogP contribution in [0.15, 0.2) is 18.2 Å². The molecule has 4 nitrogen and oxygen atoms in total. The van der Waals surface area contributed by atoms with E-state index < -0.39 is 6.10 Å². The molecule has 20 heavy (non-hydrogen) atoms. The number of carbonyl (C=O) groups excluding carboxylic acids is 2. The maximum absolute atomic E-state index is 12.2. The van der Waals surface area contributed by atoms with Crippen LogP contribution in [0.1, 0.15) is 43.6 Å². The minimum atomic E-state index is -0.601. The van der Waals surface area contributed by atoms with Crippen LogP contribution in [0.2, 0.25) is 0 Å². The largest absolute Gasteiger partial charge is 0.480 e. The number of ketones is 1. The number of rotatable bonds is 6.